The fourth-order valence-corrected chi connectivity index (χ4v) is 3.54. The van der Waals surface area contributed by atoms with Crippen LogP contribution in [-0.2, 0) is 22.7 Å². The molecule has 3 rings (SSSR count). The number of hydrogen-bond acceptors (Lipinski definition) is 6. The first-order valence-electron chi connectivity index (χ1n) is 9.69. The first kappa shape index (κ1) is 20.9. The topological polar surface area (TPSA) is 91.2 Å². The molecule has 1 heterocycles. The highest BCUT2D eigenvalue weighted by molar-refractivity contribution is 5.14. The van der Waals surface area contributed by atoms with E-state index in [4.69, 9.17) is 14.6 Å². The van der Waals surface area contributed by atoms with Gasteiger partial charge >= 0.3 is 0 Å². The lowest BCUT2D eigenvalue weighted by Crippen LogP contribution is -2.44. The van der Waals surface area contributed by atoms with Crippen LogP contribution < -0.4 is 5.32 Å². The van der Waals surface area contributed by atoms with E-state index in [1.54, 1.807) is 0 Å². The number of ether oxygens (including phenoxy) is 2. The molecule has 0 unspecified atom stereocenters. The summed E-state index contributed by atoms with van der Waals surface area (Å²) in [5, 5.41) is 33.3. The molecule has 2 aromatic carbocycles. The maximum absolute atomic E-state index is 10.7. The zero-order valence-electron chi connectivity index (χ0n) is 15.9. The van der Waals surface area contributed by atoms with Gasteiger partial charge in [-0.1, -0.05) is 60.7 Å². The predicted molar refractivity (Wildman–Crippen MR) is 106 cm³/mol. The van der Waals surface area contributed by atoms with E-state index in [0.29, 0.717) is 19.8 Å². The Hall–Kier alpha value is -1.80. The van der Waals surface area contributed by atoms with Gasteiger partial charge in [-0.05, 0) is 17.5 Å². The number of aliphatic hydroxyl groups is 3. The second-order valence-corrected chi connectivity index (χ2v) is 7.13. The van der Waals surface area contributed by atoms with Crippen LogP contribution in [0.1, 0.15) is 17.5 Å². The van der Waals surface area contributed by atoms with Crippen molar-refractivity contribution in [3.8, 4) is 0 Å². The zero-order valence-corrected chi connectivity index (χ0v) is 15.9. The monoisotopic (exact) mass is 387 g/mol. The molecule has 4 N–H and O–H groups in total. The number of rotatable bonds is 10. The van der Waals surface area contributed by atoms with Crippen LogP contribution in [0, 0.1) is 0 Å². The minimum absolute atomic E-state index is 0.142. The average Bonchev–Trinajstić information content (AvgIpc) is 3.04. The van der Waals surface area contributed by atoms with Crippen LogP contribution in [-0.4, -0.2) is 58.9 Å². The number of aliphatic hydroxyl groups excluding tert-OH is 3. The summed E-state index contributed by atoms with van der Waals surface area (Å²) in [5.41, 5.74) is 2.08. The Labute approximate surface area is 165 Å². The van der Waals surface area contributed by atoms with E-state index in [1.165, 1.54) is 0 Å². The van der Waals surface area contributed by atoms with Gasteiger partial charge < -0.3 is 30.1 Å². The highest BCUT2D eigenvalue weighted by Crippen LogP contribution is 2.23. The van der Waals surface area contributed by atoms with E-state index in [1.807, 2.05) is 60.7 Å². The zero-order chi connectivity index (χ0) is 19.8. The van der Waals surface area contributed by atoms with Crippen molar-refractivity contribution in [3.05, 3.63) is 71.8 Å². The van der Waals surface area contributed by atoms with Crippen LogP contribution >= 0.6 is 0 Å². The fraction of sp³-hybridized carbons (Fsp3) is 0.455. The van der Waals surface area contributed by atoms with Gasteiger partial charge in [-0.2, -0.15) is 0 Å². The lowest BCUT2D eigenvalue weighted by Gasteiger charge is -2.23. The molecule has 0 aliphatic carbocycles. The first-order valence-corrected chi connectivity index (χ1v) is 9.69. The summed E-state index contributed by atoms with van der Waals surface area (Å²) in [6.45, 7) is 1.02. The summed E-state index contributed by atoms with van der Waals surface area (Å²) in [5.74, 6) is 0. The third-order valence-corrected chi connectivity index (χ3v) is 5.04. The summed E-state index contributed by atoms with van der Waals surface area (Å²) in [6.07, 6.45) is -2.08. The van der Waals surface area contributed by atoms with E-state index < -0.39 is 24.4 Å². The minimum atomic E-state index is -0.893. The molecule has 0 aromatic heterocycles. The maximum atomic E-state index is 10.7. The van der Waals surface area contributed by atoms with E-state index >= 15 is 0 Å². The highest BCUT2D eigenvalue weighted by atomic mass is 16.5. The molecular weight excluding hydrogens is 358 g/mol. The molecular formula is C22H29NO5. The number of nitrogens with one attached hydrogen (secondary N) is 1. The van der Waals surface area contributed by atoms with Crippen LogP contribution in [0.3, 0.4) is 0 Å². The Morgan fingerprint density at radius 1 is 0.929 bits per heavy atom. The van der Waals surface area contributed by atoms with Crippen molar-refractivity contribution < 1.29 is 24.8 Å². The third kappa shape index (κ3) is 5.61. The van der Waals surface area contributed by atoms with Gasteiger partial charge in [0.25, 0.3) is 0 Å². The van der Waals surface area contributed by atoms with Crippen LogP contribution in [0.2, 0.25) is 0 Å². The molecule has 1 fully saturated rings. The predicted octanol–water partition coefficient (Wildman–Crippen LogP) is 1.23. The molecule has 0 amide bonds. The van der Waals surface area contributed by atoms with Crippen LogP contribution in [0.5, 0.6) is 0 Å². The number of benzene rings is 2. The first-order chi connectivity index (χ1) is 13.7. The number of hydrogen-bond donors (Lipinski definition) is 4. The Bertz CT molecular complexity index is 684. The van der Waals surface area contributed by atoms with Gasteiger partial charge in [-0.3, -0.25) is 0 Å². The quantitative estimate of drug-likeness (QED) is 0.490. The van der Waals surface area contributed by atoms with Crippen LogP contribution in [0.15, 0.2) is 60.7 Å². The molecule has 1 aliphatic rings. The van der Waals surface area contributed by atoms with Gasteiger partial charge in [0.05, 0.1) is 44.1 Å². The second-order valence-electron chi connectivity index (χ2n) is 7.13. The fourth-order valence-electron chi connectivity index (χ4n) is 3.54. The lowest BCUT2D eigenvalue weighted by atomic mass is 10.0. The van der Waals surface area contributed by atoms with Crippen molar-refractivity contribution >= 4 is 0 Å². The van der Waals surface area contributed by atoms with Crippen LogP contribution in [0.25, 0.3) is 0 Å². The average molecular weight is 387 g/mol. The van der Waals surface area contributed by atoms with Gasteiger partial charge in [-0.15, -0.1) is 0 Å². The molecule has 1 saturated heterocycles. The second kappa shape index (κ2) is 10.7. The van der Waals surface area contributed by atoms with Crippen molar-refractivity contribution in [2.45, 2.75) is 50.0 Å². The molecule has 0 saturated carbocycles. The summed E-state index contributed by atoms with van der Waals surface area (Å²) in [6, 6.07) is 18.8. The summed E-state index contributed by atoms with van der Waals surface area (Å²) in [7, 11) is 0. The Morgan fingerprint density at radius 3 is 2.14 bits per heavy atom. The van der Waals surface area contributed by atoms with E-state index in [0.717, 1.165) is 11.1 Å². The summed E-state index contributed by atoms with van der Waals surface area (Å²) in [4.78, 5) is 0. The van der Waals surface area contributed by atoms with E-state index in [2.05, 4.69) is 5.32 Å². The summed E-state index contributed by atoms with van der Waals surface area (Å²) >= 11 is 0. The molecule has 0 radical (unpaired) electrons. The Balaban J connectivity index is 1.61. The smallest absolute Gasteiger partial charge is 0.103 e. The van der Waals surface area contributed by atoms with Crippen molar-refractivity contribution in [1.82, 2.24) is 5.32 Å². The minimum Gasteiger partial charge on any atom is -0.396 e. The molecule has 6 nitrogen and oxygen atoms in total. The molecule has 2 aromatic rings. The molecule has 0 spiro atoms. The SMILES string of the molecule is OCC[C@H](O)[C@H]1N[C@H](COCc2ccccc2)[C@@H](OCc2ccccc2)[C@@H]1O. The highest BCUT2D eigenvalue weighted by Gasteiger charge is 2.45. The standard InChI is InChI=1S/C22H29NO5/c24-12-11-19(25)20-21(26)22(28-14-17-9-5-2-6-10-17)18(23-20)15-27-13-16-7-3-1-4-8-16/h1-10,18-26H,11-15H2/t18-,19+,20-,21-,22-/m1/s1. The van der Waals surface area contributed by atoms with Gasteiger partial charge in [-0.25, -0.2) is 0 Å². The molecule has 1 aliphatic heterocycles. The van der Waals surface area contributed by atoms with Crippen molar-refractivity contribution in [3.63, 3.8) is 0 Å². The largest absolute Gasteiger partial charge is 0.396 e. The normalized spacial score (nSPS) is 25.7. The van der Waals surface area contributed by atoms with E-state index in [-0.39, 0.29) is 19.1 Å². The van der Waals surface area contributed by atoms with Gasteiger partial charge in [0.15, 0.2) is 0 Å². The van der Waals surface area contributed by atoms with Crippen molar-refractivity contribution in [2.24, 2.45) is 0 Å². The Kier molecular flexibility index (Phi) is 7.97. The molecule has 0 bridgehead atoms. The molecule has 6 heteroatoms. The molecule has 5 atom stereocenters. The van der Waals surface area contributed by atoms with Gasteiger partial charge in [0.1, 0.15) is 6.10 Å². The summed E-state index contributed by atoms with van der Waals surface area (Å²) < 4.78 is 11.8. The lowest BCUT2D eigenvalue weighted by molar-refractivity contribution is -0.0602. The van der Waals surface area contributed by atoms with Gasteiger partial charge in [0, 0.05) is 6.61 Å². The molecule has 152 valence electrons. The van der Waals surface area contributed by atoms with Crippen LogP contribution in [0.4, 0.5) is 0 Å². The molecule has 28 heavy (non-hydrogen) atoms. The van der Waals surface area contributed by atoms with Crippen molar-refractivity contribution in [1.29, 1.82) is 0 Å². The Morgan fingerprint density at radius 2 is 1.54 bits per heavy atom. The third-order valence-electron chi connectivity index (χ3n) is 5.04. The van der Waals surface area contributed by atoms with E-state index in [9.17, 15) is 10.2 Å². The maximum Gasteiger partial charge on any atom is 0.103 e. The van der Waals surface area contributed by atoms with Gasteiger partial charge in [0.2, 0.25) is 0 Å². The van der Waals surface area contributed by atoms with Crippen molar-refractivity contribution in [2.75, 3.05) is 13.2 Å².